The Balaban J connectivity index is 0.000000254. The van der Waals surface area contributed by atoms with E-state index in [0.29, 0.717) is 12.1 Å². The average Bonchev–Trinajstić information content (AvgIpc) is 2.91. The number of likely N-dealkylation sites (tertiary alicyclic amines) is 2. The van der Waals surface area contributed by atoms with Crippen LogP contribution in [0.3, 0.4) is 0 Å². The van der Waals surface area contributed by atoms with E-state index in [1.165, 1.54) is 123 Å². The van der Waals surface area contributed by atoms with E-state index < -0.39 is 0 Å². The molecule has 0 atom stereocenters. The Morgan fingerprint density at radius 2 is 0.816 bits per heavy atom. The minimum absolute atomic E-state index is 0.642. The quantitative estimate of drug-likeness (QED) is 0.347. The van der Waals surface area contributed by atoms with E-state index in [-0.39, 0.29) is 0 Å². The first-order valence-corrected chi connectivity index (χ1v) is 16.9. The summed E-state index contributed by atoms with van der Waals surface area (Å²) in [6.45, 7) is 25.7. The molecule has 0 aromatic rings. The molecule has 0 aromatic carbocycles. The van der Waals surface area contributed by atoms with Crippen LogP contribution in [-0.4, -0.2) is 85.3 Å². The molecule has 4 fully saturated rings. The zero-order valence-electron chi connectivity index (χ0n) is 27.3. The molecule has 1 aliphatic carbocycles. The molecule has 5 nitrogen and oxygen atoms in total. The van der Waals surface area contributed by atoms with Crippen molar-refractivity contribution in [1.82, 2.24) is 25.8 Å². The summed E-state index contributed by atoms with van der Waals surface area (Å²) in [7, 11) is 0. The van der Waals surface area contributed by atoms with Crippen molar-refractivity contribution in [3.8, 4) is 0 Å². The third-order valence-electron chi connectivity index (χ3n) is 8.32. The highest BCUT2D eigenvalue weighted by Gasteiger charge is 2.14. The van der Waals surface area contributed by atoms with E-state index in [4.69, 9.17) is 0 Å². The van der Waals surface area contributed by atoms with Gasteiger partial charge in [-0.2, -0.15) is 0 Å². The van der Waals surface area contributed by atoms with E-state index in [9.17, 15) is 0 Å². The van der Waals surface area contributed by atoms with Crippen LogP contribution in [0.25, 0.3) is 0 Å². The highest BCUT2D eigenvalue weighted by Crippen LogP contribution is 2.17. The molecule has 0 aromatic heterocycles. The summed E-state index contributed by atoms with van der Waals surface area (Å²) in [4.78, 5) is 5.12. The Bertz CT molecular complexity index is 452. The molecule has 3 N–H and O–H groups in total. The zero-order chi connectivity index (χ0) is 28.2. The molecule has 0 bridgehead atoms. The van der Waals surface area contributed by atoms with Gasteiger partial charge in [0.05, 0.1) is 0 Å². The van der Waals surface area contributed by atoms with Crippen LogP contribution in [0.5, 0.6) is 0 Å². The van der Waals surface area contributed by atoms with Gasteiger partial charge in [-0.3, -0.25) is 0 Å². The van der Waals surface area contributed by atoms with Crippen LogP contribution in [0.15, 0.2) is 0 Å². The molecular weight excluding hydrogens is 466 g/mol. The lowest BCUT2D eigenvalue weighted by molar-refractivity contribution is 0.185. The minimum Gasteiger partial charge on any atom is -0.317 e. The molecule has 38 heavy (non-hydrogen) atoms. The number of hydrogen-bond donors (Lipinski definition) is 3. The van der Waals surface area contributed by atoms with Crippen molar-refractivity contribution in [2.45, 2.75) is 175 Å². The maximum Gasteiger partial charge on any atom is 0.00935 e. The summed E-state index contributed by atoms with van der Waals surface area (Å²) in [6, 6.07) is 4.44. The van der Waals surface area contributed by atoms with Gasteiger partial charge in [-0.25, -0.2) is 0 Å². The Kier molecular flexibility index (Phi) is 21.2. The summed E-state index contributed by atoms with van der Waals surface area (Å²) in [5.41, 5.74) is 0. The van der Waals surface area contributed by atoms with Crippen LogP contribution < -0.4 is 16.0 Å². The average molecular weight is 538 g/mol. The van der Waals surface area contributed by atoms with Crippen molar-refractivity contribution in [3.05, 3.63) is 0 Å². The Morgan fingerprint density at radius 1 is 0.474 bits per heavy atom. The zero-order valence-corrected chi connectivity index (χ0v) is 27.3. The summed E-state index contributed by atoms with van der Waals surface area (Å²) < 4.78 is 0. The smallest absolute Gasteiger partial charge is 0.00935 e. The van der Waals surface area contributed by atoms with Gasteiger partial charge < -0.3 is 25.8 Å². The van der Waals surface area contributed by atoms with E-state index in [1.54, 1.807) is 0 Å². The minimum atomic E-state index is 0.642. The third kappa shape index (κ3) is 19.0. The SMILES string of the molecule is CC(C)N1CCCCC1.CC(C)N1CCCCC1.CC(C)NC1CCCCC1.CC(C)NC1CCNCC1. The van der Waals surface area contributed by atoms with E-state index in [1.807, 2.05) is 0 Å². The molecule has 228 valence electrons. The summed E-state index contributed by atoms with van der Waals surface area (Å²) in [5, 5.41) is 10.5. The normalized spacial score (nSPS) is 22.4. The summed E-state index contributed by atoms with van der Waals surface area (Å²) in [6.07, 6.45) is 18.3. The second-order valence-electron chi connectivity index (χ2n) is 13.4. The molecule has 4 aliphatic rings. The van der Waals surface area contributed by atoms with Crippen LogP contribution in [0.4, 0.5) is 0 Å². The monoisotopic (exact) mass is 538 g/mol. The fourth-order valence-electron chi connectivity index (χ4n) is 6.07. The lowest BCUT2D eigenvalue weighted by atomic mass is 9.95. The van der Waals surface area contributed by atoms with E-state index in [2.05, 4.69) is 81.1 Å². The lowest BCUT2D eigenvalue weighted by Crippen LogP contribution is -2.42. The highest BCUT2D eigenvalue weighted by atomic mass is 15.1. The highest BCUT2D eigenvalue weighted by molar-refractivity contribution is 4.75. The van der Waals surface area contributed by atoms with Crippen LogP contribution in [-0.2, 0) is 0 Å². The molecule has 4 rings (SSSR count). The van der Waals surface area contributed by atoms with Crippen molar-refractivity contribution in [3.63, 3.8) is 0 Å². The molecule has 0 spiro atoms. The number of nitrogens with zero attached hydrogens (tertiary/aromatic N) is 2. The molecule has 3 aliphatic heterocycles. The van der Waals surface area contributed by atoms with E-state index >= 15 is 0 Å². The van der Waals surface area contributed by atoms with Gasteiger partial charge in [-0.05, 0) is 118 Å². The summed E-state index contributed by atoms with van der Waals surface area (Å²) in [5.74, 6) is 0. The van der Waals surface area contributed by atoms with Crippen molar-refractivity contribution in [2.24, 2.45) is 0 Å². The molecular formula is C33H71N5. The van der Waals surface area contributed by atoms with Gasteiger partial charge in [-0.1, -0.05) is 59.8 Å². The van der Waals surface area contributed by atoms with Crippen molar-refractivity contribution < 1.29 is 0 Å². The molecule has 0 amide bonds. The molecule has 3 heterocycles. The molecule has 3 saturated heterocycles. The van der Waals surface area contributed by atoms with Crippen LogP contribution in [0.2, 0.25) is 0 Å². The first-order valence-electron chi connectivity index (χ1n) is 16.9. The fourth-order valence-corrected chi connectivity index (χ4v) is 6.07. The van der Waals surface area contributed by atoms with Gasteiger partial charge in [0.2, 0.25) is 0 Å². The standard InChI is InChI=1S/C9H19N.C8H18N2.2C8H17N/c1-8(2)10-9-6-4-3-5-7-9;1-7(2)10-8-3-5-9-6-4-8;2*1-8(2)9-6-4-3-5-7-9/h8-10H,3-7H2,1-2H3;7-10H,3-6H2,1-2H3;2*8H,3-7H2,1-2H3. The number of piperidine rings is 3. The van der Waals surface area contributed by atoms with Crippen LogP contribution in [0.1, 0.15) is 139 Å². The van der Waals surface area contributed by atoms with Gasteiger partial charge >= 0.3 is 0 Å². The van der Waals surface area contributed by atoms with Gasteiger partial charge in [-0.15, -0.1) is 0 Å². The van der Waals surface area contributed by atoms with Crippen molar-refractivity contribution in [2.75, 3.05) is 39.3 Å². The van der Waals surface area contributed by atoms with E-state index in [0.717, 1.165) is 24.2 Å². The number of hydrogen-bond acceptors (Lipinski definition) is 5. The topological polar surface area (TPSA) is 42.6 Å². The second kappa shape index (κ2) is 22.5. The molecule has 0 unspecified atom stereocenters. The summed E-state index contributed by atoms with van der Waals surface area (Å²) >= 11 is 0. The van der Waals surface area contributed by atoms with Gasteiger partial charge in [0.1, 0.15) is 0 Å². The van der Waals surface area contributed by atoms with Crippen molar-refractivity contribution >= 4 is 0 Å². The first-order chi connectivity index (χ1) is 18.2. The predicted octanol–water partition coefficient (Wildman–Crippen LogP) is 6.81. The van der Waals surface area contributed by atoms with Crippen molar-refractivity contribution in [1.29, 1.82) is 0 Å². The largest absolute Gasteiger partial charge is 0.317 e. The van der Waals surface area contributed by atoms with Crippen LogP contribution >= 0.6 is 0 Å². The van der Waals surface area contributed by atoms with Crippen LogP contribution in [0, 0.1) is 0 Å². The Hall–Kier alpha value is -0.200. The fraction of sp³-hybridized carbons (Fsp3) is 1.00. The predicted molar refractivity (Wildman–Crippen MR) is 170 cm³/mol. The Morgan fingerprint density at radius 3 is 1.13 bits per heavy atom. The Labute approximate surface area is 240 Å². The number of nitrogens with one attached hydrogen (secondary N) is 3. The van der Waals surface area contributed by atoms with Gasteiger partial charge in [0.15, 0.2) is 0 Å². The molecule has 0 radical (unpaired) electrons. The first kappa shape index (κ1) is 35.8. The van der Waals surface area contributed by atoms with Gasteiger partial charge in [0.25, 0.3) is 0 Å². The van der Waals surface area contributed by atoms with Gasteiger partial charge in [0, 0.05) is 36.3 Å². The number of rotatable bonds is 6. The lowest BCUT2D eigenvalue weighted by Gasteiger charge is -2.29. The maximum absolute atomic E-state index is 3.58. The maximum atomic E-state index is 3.58. The second-order valence-corrected chi connectivity index (χ2v) is 13.4. The molecule has 5 heteroatoms. The molecule has 1 saturated carbocycles. The third-order valence-corrected chi connectivity index (χ3v) is 8.32.